The largest absolute Gasteiger partial charge is 0.459 e. The van der Waals surface area contributed by atoms with Gasteiger partial charge in [0.1, 0.15) is 35.6 Å². The summed E-state index contributed by atoms with van der Waals surface area (Å²) in [4.78, 5) is 46.3. The van der Waals surface area contributed by atoms with E-state index in [0.29, 0.717) is 77.7 Å². The lowest BCUT2D eigenvalue weighted by Crippen LogP contribution is -2.70. The van der Waals surface area contributed by atoms with Crippen LogP contribution in [-0.4, -0.2) is 81.5 Å². The van der Waals surface area contributed by atoms with Gasteiger partial charge >= 0.3 is 6.09 Å². The molecule has 392 valence electrons. The highest BCUT2D eigenvalue weighted by Crippen LogP contribution is 2.62. The number of oxime groups is 1. The summed E-state index contributed by atoms with van der Waals surface area (Å²) < 4.78 is 38.7. The molecule has 2 aliphatic heterocycles. The van der Waals surface area contributed by atoms with E-state index < -0.39 is 39.6 Å². The number of hydrogen-bond acceptors (Lipinski definition) is 16. The number of thioether (sulfide) groups is 1. The van der Waals surface area contributed by atoms with Gasteiger partial charge in [-0.1, -0.05) is 36.2 Å². The van der Waals surface area contributed by atoms with Gasteiger partial charge in [0.25, 0.3) is 11.4 Å². The number of fused-ring (bicyclic) bond motifs is 3. The number of carbonyl (C=O) groups excluding carboxylic acids is 1. The normalized spacial score (nSPS) is 21.5. The van der Waals surface area contributed by atoms with Crippen molar-refractivity contribution in [3.63, 3.8) is 0 Å². The number of ether oxygens (including phenoxy) is 6. The lowest BCUT2D eigenvalue weighted by molar-refractivity contribution is -0.385. The minimum Gasteiger partial charge on any atom is -0.459 e. The zero-order chi connectivity index (χ0) is 52.5. The second kappa shape index (κ2) is 23.8. The molecule has 5 aromatic rings. The highest BCUT2D eigenvalue weighted by atomic mass is 32.2. The van der Waals surface area contributed by atoms with E-state index >= 15 is 4.79 Å². The summed E-state index contributed by atoms with van der Waals surface area (Å²) in [5.41, 5.74) is 3.11. The molecule has 6 atom stereocenters. The zero-order valence-electron chi connectivity index (χ0n) is 41.3. The minimum absolute atomic E-state index is 0.00647. The molecule has 9 rings (SSSR count). The van der Waals surface area contributed by atoms with Gasteiger partial charge in [-0.05, 0) is 139 Å². The molecule has 0 unspecified atom stereocenters. The molecule has 0 bridgehead atoms. The van der Waals surface area contributed by atoms with Gasteiger partial charge in [0, 0.05) is 66.8 Å². The molecule has 19 heteroatoms. The number of nitro benzene ring substituents is 2. The maximum Gasteiger partial charge on any atom is 0.416 e. The van der Waals surface area contributed by atoms with Gasteiger partial charge in [0.05, 0.1) is 28.1 Å². The molecule has 0 radical (unpaired) electrons. The fourth-order valence-electron chi connectivity index (χ4n) is 10.7. The lowest BCUT2D eigenvalue weighted by Gasteiger charge is -2.59. The van der Waals surface area contributed by atoms with Gasteiger partial charge in [0.15, 0.2) is 11.5 Å². The van der Waals surface area contributed by atoms with E-state index in [0.717, 1.165) is 22.5 Å². The summed E-state index contributed by atoms with van der Waals surface area (Å²) >= 11 is 1.63. The Labute approximate surface area is 437 Å². The van der Waals surface area contributed by atoms with Crippen molar-refractivity contribution in [2.45, 2.75) is 80.7 Å². The van der Waals surface area contributed by atoms with Crippen molar-refractivity contribution < 1.29 is 58.1 Å². The number of nitro groups is 2. The molecular formula is C56H58N4O14S. The molecule has 1 fully saturated rings. The summed E-state index contributed by atoms with van der Waals surface area (Å²) in [7, 11) is 0. The van der Waals surface area contributed by atoms with E-state index in [-0.39, 0.29) is 75.1 Å². The second-order valence-electron chi connectivity index (χ2n) is 18.7. The first-order chi connectivity index (χ1) is 36.5. The molecule has 18 nitrogen and oxygen atoms in total. The Kier molecular flexibility index (Phi) is 16.7. The van der Waals surface area contributed by atoms with Crippen molar-refractivity contribution in [2.75, 3.05) is 32.9 Å². The quantitative estimate of drug-likeness (QED) is 0.0204. The maximum absolute atomic E-state index is 15.3. The number of aliphatic hydroxyl groups is 2. The SMILES string of the molecule is C=CCO[C@@]12Oc3ccc(Oc4ccc(SC)cc4)cc3[C@H]3[C@H](CCCCO)[C@@H](CCCCO)C=C(C(=NOCc4ccc([N+](=O)[O-])cc4)C[C@@H]1N(Cc1ccc4c(c1)OCO4)C(=O)Oc1ccc([N+](=O)[O-])cc1)[C@H]32. The number of allylic oxidation sites excluding steroid dienone is 1. The Morgan fingerprint density at radius 3 is 2.17 bits per heavy atom. The highest BCUT2D eigenvalue weighted by molar-refractivity contribution is 7.98. The fraction of sp³-hybridized carbons (Fsp3) is 0.357. The number of rotatable bonds is 23. The number of aliphatic hydroxyl groups excluding tert-OH is 2. The van der Waals surface area contributed by atoms with Crippen LogP contribution >= 0.6 is 11.8 Å². The molecule has 1 saturated carbocycles. The van der Waals surface area contributed by atoms with E-state index in [1.807, 2.05) is 54.8 Å². The van der Waals surface area contributed by atoms with Crippen molar-refractivity contribution >= 4 is 34.9 Å². The number of hydrogen-bond donors (Lipinski definition) is 2. The van der Waals surface area contributed by atoms with Crippen LogP contribution in [0.2, 0.25) is 0 Å². The van der Waals surface area contributed by atoms with Crippen LogP contribution in [-0.2, 0) is 22.7 Å². The summed E-state index contributed by atoms with van der Waals surface area (Å²) in [5, 5.41) is 48.2. The third-order valence-corrected chi connectivity index (χ3v) is 14.9. The average Bonchev–Trinajstić information content (AvgIpc) is 3.99. The Bertz CT molecular complexity index is 2920. The molecule has 5 aromatic carbocycles. The summed E-state index contributed by atoms with van der Waals surface area (Å²) in [6, 6.07) is 29.1. The van der Waals surface area contributed by atoms with Crippen LogP contribution in [0.4, 0.5) is 16.2 Å². The van der Waals surface area contributed by atoms with Gasteiger partial charge in [-0.25, -0.2) is 4.79 Å². The summed E-state index contributed by atoms with van der Waals surface area (Å²) in [5.74, 6) is -0.208. The number of carbonyl (C=O) groups is 1. The molecule has 2 heterocycles. The van der Waals surface area contributed by atoms with Crippen molar-refractivity contribution in [3.05, 3.63) is 170 Å². The lowest BCUT2D eigenvalue weighted by atomic mass is 9.55. The Balaban J connectivity index is 1.24. The number of non-ortho nitro benzene ring substituents is 2. The average molecular weight is 1040 g/mol. The third-order valence-electron chi connectivity index (χ3n) is 14.1. The molecule has 2 N–H and O–H groups in total. The van der Waals surface area contributed by atoms with E-state index in [4.69, 9.17) is 38.4 Å². The monoisotopic (exact) mass is 1040 g/mol. The highest BCUT2D eigenvalue weighted by Gasteiger charge is 2.66. The van der Waals surface area contributed by atoms with Crippen LogP contribution in [0.25, 0.3) is 0 Å². The Morgan fingerprint density at radius 1 is 0.827 bits per heavy atom. The van der Waals surface area contributed by atoms with Crippen LogP contribution in [0, 0.1) is 38.0 Å². The first kappa shape index (κ1) is 52.4. The molecule has 0 saturated heterocycles. The molecule has 4 aliphatic rings. The van der Waals surface area contributed by atoms with Crippen molar-refractivity contribution in [2.24, 2.45) is 22.9 Å². The third kappa shape index (κ3) is 11.6. The number of benzene rings is 5. The first-order valence-corrected chi connectivity index (χ1v) is 26.1. The standard InChI is InChI=1S/C56H58N4O14S/c1-3-28-70-56-52(58(33-37-12-24-50-51(29-37)69-35-68-50)55(63)73-42-17-15-40(16-18-42)60(66)67)32-48(57-71-34-36-10-13-39(14-11-36)59(64)65)46-30-38(8-4-6-26-61)45(9-5-7-27-62)53(54(46)56)47-31-43(21-25-49(47)74-56)72-41-19-22-44(75-2)23-20-41/h3,10-25,29-31,38,45,52-54,61-62H,1,4-9,26-28,32-35H2,2H3/t38-,45+,52-,53+,54+,56+/m0/s1. The van der Waals surface area contributed by atoms with Gasteiger partial charge in [0.2, 0.25) is 12.6 Å². The van der Waals surface area contributed by atoms with Crippen molar-refractivity contribution in [1.82, 2.24) is 4.90 Å². The van der Waals surface area contributed by atoms with Gasteiger partial charge in [-0.2, -0.15) is 0 Å². The van der Waals surface area contributed by atoms with E-state index in [1.165, 1.54) is 41.3 Å². The van der Waals surface area contributed by atoms with E-state index in [9.17, 15) is 30.4 Å². The topological polar surface area (TPSA) is 224 Å². The van der Waals surface area contributed by atoms with Crippen molar-refractivity contribution in [1.29, 1.82) is 0 Å². The van der Waals surface area contributed by atoms with Gasteiger partial charge in [-0.3, -0.25) is 25.1 Å². The van der Waals surface area contributed by atoms with E-state index in [1.54, 1.807) is 42.1 Å². The molecule has 1 amide bonds. The van der Waals surface area contributed by atoms with Crippen LogP contribution in [0.5, 0.6) is 34.5 Å². The maximum atomic E-state index is 15.3. The predicted molar refractivity (Wildman–Crippen MR) is 278 cm³/mol. The van der Waals surface area contributed by atoms with E-state index in [2.05, 4.69) is 12.7 Å². The zero-order valence-corrected chi connectivity index (χ0v) is 42.1. The number of unbranched alkanes of at least 4 members (excludes halogenated alkanes) is 2. The summed E-state index contributed by atoms with van der Waals surface area (Å²) in [6.45, 7) is 3.96. The predicted octanol–water partition coefficient (Wildman–Crippen LogP) is 11.3. The van der Waals surface area contributed by atoms with Crippen LogP contribution in [0.1, 0.15) is 67.6 Å². The molecule has 2 aliphatic carbocycles. The fourth-order valence-corrected chi connectivity index (χ4v) is 11.1. The van der Waals surface area contributed by atoms with Crippen LogP contribution < -0.4 is 23.7 Å². The Morgan fingerprint density at radius 2 is 1.48 bits per heavy atom. The van der Waals surface area contributed by atoms with Crippen LogP contribution in [0.15, 0.2) is 144 Å². The van der Waals surface area contributed by atoms with Crippen LogP contribution in [0.3, 0.4) is 0 Å². The van der Waals surface area contributed by atoms with Gasteiger partial charge in [-0.15, -0.1) is 18.3 Å². The molecule has 0 spiro atoms. The molecule has 0 aromatic heterocycles. The first-order valence-electron chi connectivity index (χ1n) is 24.9. The Hall–Kier alpha value is -7.45. The molecular weight excluding hydrogens is 985 g/mol. The second-order valence-corrected chi connectivity index (χ2v) is 19.6. The van der Waals surface area contributed by atoms with Crippen molar-refractivity contribution in [3.8, 4) is 34.5 Å². The number of nitrogens with zero attached hydrogens (tertiary/aromatic N) is 4. The molecule has 75 heavy (non-hydrogen) atoms. The summed E-state index contributed by atoms with van der Waals surface area (Å²) in [6.07, 6.45) is 8.98. The van der Waals surface area contributed by atoms with Gasteiger partial charge < -0.3 is 43.5 Å². The smallest absolute Gasteiger partial charge is 0.416 e. The number of amides is 1. The minimum atomic E-state index is -1.69.